The molecule has 2 aromatic rings. The second kappa shape index (κ2) is 9.95. The van der Waals surface area contributed by atoms with Crippen molar-refractivity contribution in [3.63, 3.8) is 0 Å². The van der Waals surface area contributed by atoms with Crippen molar-refractivity contribution in [2.75, 3.05) is 18.5 Å². The summed E-state index contributed by atoms with van der Waals surface area (Å²) in [4.78, 5) is 23.9. The van der Waals surface area contributed by atoms with Crippen molar-refractivity contribution in [3.05, 3.63) is 59.7 Å². The Bertz CT molecular complexity index is 833. The number of esters is 1. The summed E-state index contributed by atoms with van der Waals surface area (Å²) >= 11 is 0. The number of alkyl halides is 3. The fourth-order valence-electron chi connectivity index (χ4n) is 2.34. The van der Waals surface area contributed by atoms with Crippen molar-refractivity contribution in [2.45, 2.75) is 26.4 Å². The predicted octanol–water partition coefficient (Wildman–Crippen LogP) is 4.93. The number of halogens is 3. The van der Waals surface area contributed by atoms with Gasteiger partial charge < -0.3 is 14.8 Å². The number of carbonyl (C=O) groups excluding carboxylic acids is 2. The van der Waals surface area contributed by atoms with Gasteiger partial charge in [0.05, 0.1) is 23.4 Å². The molecule has 0 aliphatic carbocycles. The second-order valence-corrected chi connectivity index (χ2v) is 6.72. The van der Waals surface area contributed by atoms with Gasteiger partial charge in [0.2, 0.25) is 0 Å². The van der Waals surface area contributed by atoms with E-state index in [1.807, 2.05) is 0 Å². The summed E-state index contributed by atoms with van der Waals surface area (Å²) in [5.41, 5.74) is -1.18. The lowest BCUT2D eigenvalue weighted by Gasteiger charge is -2.13. The first-order valence-corrected chi connectivity index (χ1v) is 9.03. The first-order chi connectivity index (χ1) is 13.7. The van der Waals surface area contributed by atoms with Gasteiger partial charge >= 0.3 is 12.1 Å². The zero-order valence-electron chi connectivity index (χ0n) is 16.1. The van der Waals surface area contributed by atoms with E-state index in [4.69, 9.17) is 9.47 Å². The molecule has 0 atom stereocenters. The van der Waals surface area contributed by atoms with Crippen LogP contribution in [0.2, 0.25) is 0 Å². The summed E-state index contributed by atoms with van der Waals surface area (Å²) in [5, 5.41) is 2.11. The van der Waals surface area contributed by atoms with Gasteiger partial charge in [-0.05, 0) is 48.7 Å². The highest BCUT2D eigenvalue weighted by Crippen LogP contribution is 2.34. The van der Waals surface area contributed by atoms with Crippen LogP contribution in [0.5, 0.6) is 5.75 Å². The van der Waals surface area contributed by atoms with Gasteiger partial charge in [0.25, 0.3) is 5.91 Å². The Kier molecular flexibility index (Phi) is 7.64. The summed E-state index contributed by atoms with van der Waals surface area (Å²) in [7, 11) is 0. The molecule has 0 aromatic heterocycles. The summed E-state index contributed by atoms with van der Waals surface area (Å²) in [5.74, 6) is -0.524. The van der Waals surface area contributed by atoms with Crippen molar-refractivity contribution in [1.82, 2.24) is 0 Å². The molecule has 29 heavy (non-hydrogen) atoms. The first-order valence-electron chi connectivity index (χ1n) is 9.03. The van der Waals surface area contributed by atoms with Gasteiger partial charge in [-0.15, -0.1) is 0 Å². The SMILES string of the molecule is CC(C)CCOc1ccc(C(=O)OCC(=O)Nc2ccccc2C(F)(F)F)cc1. The van der Waals surface area contributed by atoms with Crippen molar-refractivity contribution >= 4 is 17.6 Å². The van der Waals surface area contributed by atoms with Crippen LogP contribution in [0, 0.1) is 5.92 Å². The normalized spacial score (nSPS) is 11.2. The molecule has 2 rings (SSSR count). The van der Waals surface area contributed by atoms with E-state index in [9.17, 15) is 22.8 Å². The largest absolute Gasteiger partial charge is 0.494 e. The van der Waals surface area contributed by atoms with Crippen molar-refractivity contribution in [3.8, 4) is 5.75 Å². The van der Waals surface area contributed by atoms with Crippen LogP contribution < -0.4 is 10.1 Å². The molecule has 0 spiro atoms. The molecule has 0 fully saturated rings. The maximum atomic E-state index is 12.9. The van der Waals surface area contributed by atoms with E-state index < -0.39 is 35.9 Å². The topological polar surface area (TPSA) is 64.6 Å². The summed E-state index contributed by atoms with van der Waals surface area (Å²) in [6, 6.07) is 10.8. The van der Waals surface area contributed by atoms with Gasteiger partial charge in [0.1, 0.15) is 5.75 Å². The van der Waals surface area contributed by atoms with E-state index in [0.29, 0.717) is 18.3 Å². The number of anilines is 1. The minimum atomic E-state index is -4.61. The second-order valence-electron chi connectivity index (χ2n) is 6.72. The van der Waals surface area contributed by atoms with Crippen molar-refractivity contribution < 1.29 is 32.2 Å². The first kappa shape index (κ1) is 22.3. The van der Waals surface area contributed by atoms with Crippen LogP contribution in [-0.2, 0) is 15.7 Å². The van der Waals surface area contributed by atoms with Crippen molar-refractivity contribution in [1.29, 1.82) is 0 Å². The lowest BCUT2D eigenvalue weighted by Crippen LogP contribution is -2.22. The highest BCUT2D eigenvalue weighted by molar-refractivity contribution is 5.96. The average Bonchev–Trinajstić information content (AvgIpc) is 2.66. The van der Waals surface area contributed by atoms with Gasteiger partial charge in [-0.25, -0.2) is 4.79 Å². The number of ether oxygens (including phenoxy) is 2. The van der Waals surface area contributed by atoms with Gasteiger partial charge in [0, 0.05) is 0 Å². The Labute approximate surface area is 166 Å². The number of hydrogen-bond donors (Lipinski definition) is 1. The number of hydrogen-bond acceptors (Lipinski definition) is 4. The monoisotopic (exact) mass is 409 g/mol. The van der Waals surface area contributed by atoms with Crippen LogP contribution >= 0.6 is 0 Å². The van der Waals surface area contributed by atoms with E-state index in [1.165, 1.54) is 24.3 Å². The molecule has 0 unspecified atom stereocenters. The van der Waals surface area contributed by atoms with Crippen molar-refractivity contribution in [2.24, 2.45) is 5.92 Å². The number of amides is 1. The quantitative estimate of drug-likeness (QED) is 0.628. The third-order valence-corrected chi connectivity index (χ3v) is 3.89. The molecule has 1 N–H and O–H groups in total. The summed E-state index contributed by atoms with van der Waals surface area (Å²) in [6.07, 6.45) is -3.71. The number of rotatable bonds is 8. The van der Waals surface area contributed by atoms with Crippen LogP contribution in [-0.4, -0.2) is 25.1 Å². The molecular formula is C21H22F3NO4. The average molecular weight is 409 g/mol. The minimum Gasteiger partial charge on any atom is -0.494 e. The molecular weight excluding hydrogens is 387 g/mol. The van der Waals surface area contributed by atoms with E-state index >= 15 is 0 Å². The lowest BCUT2D eigenvalue weighted by molar-refractivity contribution is -0.137. The fourth-order valence-corrected chi connectivity index (χ4v) is 2.34. The Morgan fingerprint density at radius 1 is 1.03 bits per heavy atom. The molecule has 0 saturated carbocycles. The smallest absolute Gasteiger partial charge is 0.418 e. The van der Waals surface area contributed by atoms with Gasteiger partial charge in [-0.3, -0.25) is 4.79 Å². The molecule has 2 aromatic carbocycles. The highest BCUT2D eigenvalue weighted by Gasteiger charge is 2.33. The van der Waals surface area contributed by atoms with E-state index in [2.05, 4.69) is 19.2 Å². The molecule has 156 valence electrons. The number of benzene rings is 2. The lowest BCUT2D eigenvalue weighted by atomic mass is 10.1. The van der Waals surface area contributed by atoms with Crippen LogP contribution in [0.3, 0.4) is 0 Å². The van der Waals surface area contributed by atoms with Crippen LogP contribution in [0.25, 0.3) is 0 Å². The van der Waals surface area contributed by atoms with Crippen LogP contribution in [0.15, 0.2) is 48.5 Å². The molecule has 0 radical (unpaired) electrons. The predicted molar refractivity (Wildman–Crippen MR) is 102 cm³/mol. The molecule has 0 aliphatic rings. The zero-order chi connectivity index (χ0) is 21.4. The van der Waals surface area contributed by atoms with Crippen LogP contribution in [0.1, 0.15) is 36.2 Å². The fraction of sp³-hybridized carbons (Fsp3) is 0.333. The Morgan fingerprint density at radius 3 is 2.31 bits per heavy atom. The van der Waals surface area contributed by atoms with Gasteiger partial charge in [-0.1, -0.05) is 26.0 Å². The Hall–Kier alpha value is -3.03. The number of para-hydroxylation sites is 1. The molecule has 0 saturated heterocycles. The maximum Gasteiger partial charge on any atom is 0.418 e. The Balaban J connectivity index is 1.87. The maximum absolute atomic E-state index is 12.9. The third kappa shape index (κ3) is 7.14. The van der Waals surface area contributed by atoms with Crippen LogP contribution in [0.4, 0.5) is 18.9 Å². The summed E-state index contributed by atoms with van der Waals surface area (Å²) < 4.78 is 49.2. The van der Waals surface area contributed by atoms with E-state index in [1.54, 1.807) is 12.1 Å². The van der Waals surface area contributed by atoms with Gasteiger partial charge in [-0.2, -0.15) is 13.2 Å². The molecule has 0 aliphatic heterocycles. The molecule has 1 amide bonds. The standard InChI is InChI=1S/C21H22F3NO4/c1-14(2)11-12-28-16-9-7-15(8-10-16)20(27)29-13-19(26)25-18-6-4-3-5-17(18)21(22,23)24/h3-10,14H,11-13H2,1-2H3,(H,25,26). The summed E-state index contributed by atoms with van der Waals surface area (Å²) in [6.45, 7) is 4.01. The molecule has 5 nitrogen and oxygen atoms in total. The van der Waals surface area contributed by atoms with E-state index in [0.717, 1.165) is 18.6 Å². The minimum absolute atomic E-state index is 0.199. The number of carbonyl (C=O) groups is 2. The highest BCUT2D eigenvalue weighted by atomic mass is 19.4. The number of nitrogens with one attached hydrogen (secondary N) is 1. The van der Waals surface area contributed by atoms with E-state index in [-0.39, 0.29) is 5.56 Å². The zero-order valence-corrected chi connectivity index (χ0v) is 16.1. The molecule has 0 bridgehead atoms. The third-order valence-electron chi connectivity index (χ3n) is 3.89. The van der Waals surface area contributed by atoms with Gasteiger partial charge in [0.15, 0.2) is 6.61 Å². The molecule has 0 heterocycles. The Morgan fingerprint density at radius 2 is 1.69 bits per heavy atom. The molecule has 8 heteroatoms.